The summed E-state index contributed by atoms with van der Waals surface area (Å²) in [5.74, 6) is 1.45. The minimum absolute atomic E-state index is 0.699. The molecule has 0 spiro atoms. The number of pyridine rings is 1. The summed E-state index contributed by atoms with van der Waals surface area (Å²) in [6.45, 7) is 0. The predicted octanol–water partition coefficient (Wildman–Crippen LogP) is 5.43. The van der Waals surface area contributed by atoms with Gasteiger partial charge in [-0.1, -0.05) is 42.5 Å². The van der Waals surface area contributed by atoms with Gasteiger partial charge in [0.15, 0.2) is 5.82 Å². The first-order valence-corrected chi connectivity index (χ1v) is 7.93. The van der Waals surface area contributed by atoms with Crippen molar-refractivity contribution in [3.63, 3.8) is 0 Å². The SMILES string of the molecule is COc1cccc(N=Nc2c(-c3ccccc3)nc3ccccn23)c1. The van der Waals surface area contributed by atoms with Gasteiger partial charge in [-0.15, -0.1) is 10.2 Å². The molecular weight excluding hydrogens is 312 g/mol. The van der Waals surface area contributed by atoms with E-state index in [4.69, 9.17) is 9.72 Å². The molecule has 2 aromatic heterocycles. The summed E-state index contributed by atoms with van der Waals surface area (Å²) in [6, 6.07) is 23.4. The Labute approximate surface area is 145 Å². The lowest BCUT2D eigenvalue weighted by Gasteiger charge is -2.01. The zero-order valence-corrected chi connectivity index (χ0v) is 13.7. The zero-order valence-electron chi connectivity index (χ0n) is 13.7. The van der Waals surface area contributed by atoms with Crippen LogP contribution in [0.15, 0.2) is 89.2 Å². The number of hydrogen-bond acceptors (Lipinski definition) is 4. The molecule has 0 N–H and O–H groups in total. The van der Waals surface area contributed by atoms with Gasteiger partial charge in [-0.25, -0.2) is 4.98 Å². The molecule has 0 saturated carbocycles. The molecule has 0 aliphatic heterocycles. The molecule has 0 aliphatic carbocycles. The van der Waals surface area contributed by atoms with Crippen molar-refractivity contribution in [1.29, 1.82) is 0 Å². The van der Waals surface area contributed by atoms with Crippen LogP contribution in [0, 0.1) is 0 Å². The summed E-state index contributed by atoms with van der Waals surface area (Å²) >= 11 is 0. The maximum atomic E-state index is 5.24. The normalized spacial score (nSPS) is 11.2. The lowest BCUT2D eigenvalue weighted by atomic mass is 10.1. The monoisotopic (exact) mass is 328 g/mol. The van der Waals surface area contributed by atoms with Crippen LogP contribution in [0.25, 0.3) is 16.9 Å². The Bertz CT molecular complexity index is 1040. The number of methoxy groups -OCH3 is 1. The lowest BCUT2D eigenvalue weighted by molar-refractivity contribution is 0.415. The van der Waals surface area contributed by atoms with E-state index in [9.17, 15) is 0 Å². The molecule has 0 bridgehead atoms. The number of nitrogens with zero attached hydrogens (tertiary/aromatic N) is 4. The molecule has 0 saturated heterocycles. The summed E-state index contributed by atoms with van der Waals surface area (Å²) < 4.78 is 7.17. The van der Waals surface area contributed by atoms with Crippen LogP contribution >= 0.6 is 0 Å². The summed E-state index contributed by atoms with van der Waals surface area (Å²) in [5.41, 5.74) is 3.37. The van der Waals surface area contributed by atoms with Gasteiger partial charge in [0.1, 0.15) is 17.1 Å². The van der Waals surface area contributed by atoms with Crippen LogP contribution in [0.5, 0.6) is 5.75 Å². The number of ether oxygens (including phenoxy) is 1. The molecule has 0 amide bonds. The van der Waals surface area contributed by atoms with Crippen LogP contribution in [0.2, 0.25) is 0 Å². The van der Waals surface area contributed by atoms with Gasteiger partial charge >= 0.3 is 0 Å². The van der Waals surface area contributed by atoms with Gasteiger partial charge in [-0.3, -0.25) is 4.40 Å². The molecular formula is C20H16N4O. The van der Waals surface area contributed by atoms with Gasteiger partial charge in [-0.2, -0.15) is 0 Å². The molecule has 5 heteroatoms. The number of imidazole rings is 1. The fourth-order valence-electron chi connectivity index (χ4n) is 2.65. The van der Waals surface area contributed by atoms with Crippen LogP contribution in [-0.4, -0.2) is 16.5 Å². The van der Waals surface area contributed by atoms with Gasteiger partial charge in [0.05, 0.1) is 12.8 Å². The highest BCUT2D eigenvalue weighted by atomic mass is 16.5. The van der Waals surface area contributed by atoms with Crippen molar-refractivity contribution in [2.45, 2.75) is 0 Å². The van der Waals surface area contributed by atoms with E-state index < -0.39 is 0 Å². The number of benzene rings is 2. The largest absolute Gasteiger partial charge is 0.497 e. The van der Waals surface area contributed by atoms with Crippen LogP contribution in [0.4, 0.5) is 11.5 Å². The minimum Gasteiger partial charge on any atom is -0.497 e. The molecule has 0 radical (unpaired) electrons. The smallest absolute Gasteiger partial charge is 0.187 e. The molecule has 4 aromatic rings. The topological polar surface area (TPSA) is 51.2 Å². The molecule has 0 fully saturated rings. The van der Waals surface area contributed by atoms with E-state index in [2.05, 4.69) is 10.2 Å². The Morgan fingerprint density at radius 2 is 1.72 bits per heavy atom. The number of aromatic nitrogens is 2. The molecule has 122 valence electrons. The van der Waals surface area contributed by atoms with Crippen LogP contribution in [0.3, 0.4) is 0 Å². The molecule has 25 heavy (non-hydrogen) atoms. The first kappa shape index (κ1) is 15.1. The van der Waals surface area contributed by atoms with E-state index in [0.29, 0.717) is 5.82 Å². The highest BCUT2D eigenvalue weighted by molar-refractivity contribution is 5.74. The van der Waals surface area contributed by atoms with Crippen molar-refractivity contribution < 1.29 is 4.74 Å². The van der Waals surface area contributed by atoms with E-state index in [0.717, 1.165) is 28.3 Å². The van der Waals surface area contributed by atoms with E-state index >= 15 is 0 Å². The van der Waals surface area contributed by atoms with Crippen molar-refractivity contribution in [2.24, 2.45) is 10.2 Å². The summed E-state index contributed by atoms with van der Waals surface area (Å²) in [4.78, 5) is 4.71. The summed E-state index contributed by atoms with van der Waals surface area (Å²) in [6.07, 6.45) is 1.94. The van der Waals surface area contributed by atoms with Crippen molar-refractivity contribution in [2.75, 3.05) is 7.11 Å². The lowest BCUT2D eigenvalue weighted by Crippen LogP contribution is -1.82. The quantitative estimate of drug-likeness (QED) is 0.469. The van der Waals surface area contributed by atoms with Crippen LogP contribution in [0.1, 0.15) is 0 Å². The van der Waals surface area contributed by atoms with E-state index in [-0.39, 0.29) is 0 Å². The third-order valence-electron chi connectivity index (χ3n) is 3.87. The van der Waals surface area contributed by atoms with E-state index in [1.54, 1.807) is 7.11 Å². The van der Waals surface area contributed by atoms with Crippen LogP contribution < -0.4 is 4.74 Å². The van der Waals surface area contributed by atoms with Gasteiger partial charge in [0, 0.05) is 17.8 Å². The van der Waals surface area contributed by atoms with Gasteiger partial charge in [0.25, 0.3) is 0 Å². The fraction of sp³-hybridized carbons (Fsp3) is 0.0500. The number of azo groups is 1. The van der Waals surface area contributed by atoms with Crippen molar-refractivity contribution in [1.82, 2.24) is 9.38 Å². The number of rotatable bonds is 4. The van der Waals surface area contributed by atoms with Crippen molar-refractivity contribution in [3.8, 4) is 17.0 Å². The fourth-order valence-corrected chi connectivity index (χ4v) is 2.65. The summed E-state index contributed by atoms with van der Waals surface area (Å²) in [5, 5.41) is 8.86. The molecule has 0 atom stereocenters. The zero-order chi connectivity index (χ0) is 17.1. The maximum Gasteiger partial charge on any atom is 0.187 e. The summed E-state index contributed by atoms with van der Waals surface area (Å²) in [7, 11) is 1.63. The highest BCUT2D eigenvalue weighted by Crippen LogP contribution is 2.32. The predicted molar refractivity (Wildman–Crippen MR) is 97.8 cm³/mol. The van der Waals surface area contributed by atoms with Gasteiger partial charge in [0.2, 0.25) is 0 Å². The van der Waals surface area contributed by atoms with Gasteiger partial charge < -0.3 is 4.74 Å². The standard InChI is InChI=1S/C20H16N4O/c1-25-17-11-7-10-16(14-17)22-23-20-19(15-8-3-2-4-9-15)21-18-12-5-6-13-24(18)20/h2-14H,1H3. The third-order valence-corrected chi connectivity index (χ3v) is 3.87. The molecule has 2 aromatic carbocycles. The van der Waals surface area contributed by atoms with Crippen molar-refractivity contribution >= 4 is 17.2 Å². The molecule has 0 aliphatic rings. The maximum absolute atomic E-state index is 5.24. The number of hydrogen-bond donors (Lipinski definition) is 0. The van der Waals surface area contributed by atoms with Crippen LogP contribution in [-0.2, 0) is 0 Å². The Balaban J connectivity index is 1.83. The molecule has 4 rings (SSSR count). The Morgan fingerprint density at radius 3 is 2.56 bits per heavy atom. The van der Waals surface area contributed by atoms with E-state index in [1.165, 1.54) is 0 Å². The second-order valence-electron chi connectivity index (χ2n) is 5.48. The Kier molecular flexibility index (Phi) is 3.96. The first-order chi connectivity index (χ1) is 12.3. The minimum atomic E-state index is 0.699. The van der Waals surface area contributed by atoms with Crippen molar-refractivity contribution in [3.05, 3.63) is 79.0 Å². The Hall–Kier alpha value is -3.47. The Morgan fingerprint density at radius 1 is 0.880 bits per heavy atom. The first-order valence-electron chi connectivity index (χ1n) is 7.93. The third kappa shape index (κ3) is 2.99. The average molecular weight is 328 g/mol. The molecule has 0 unspecified atom stereocenters. The second-order valence-corrected chi connectivity index (χ2v) is 5.48. The average Bonchev–Trinajstić information content (AvgIpc) is 3.06. The highest BCUT2D eigenvalue weighted by Gasteiger charge is 2.13. The van der Waals surface area contributed by atoms with E-state index in [1.807, 2.05) is 83.4 Å². The second kappa shape index (κ2) is 6.57. The number of fused-ring (bicyclic) bond motifs is 1. The molecule has 5 nitrogen and oxygen atoms in total. The van der Waals surface area contributed by atoms with Gasteiger partial charge in [-0.05, 0) is 24.3 Å². The molecule has 2 heterocycles.